The molecule has 0 aliphatic rings. The van der Waals surface area contributed by atoms with Gasteiger partial charge in [0.25, 0.3) is 0 Å². The maximum absolute atomic E-state index is 12.6. The van der Waals surface area contributed by atoms with Crippen LogP contribution in [0.5, 0.6) is 5.75 Å². The van der Waals surface area contributed by atoms with Gasteiger partial charge in [-0.05, 0) is 55.3 Å². The zero-order valence-electron chi connectivity index (χ0n) is 16.3. The van der Waals surface area contributed by atoms with Gasteiger partial charge >= 0.3 is 11.9 Å². The number of hydrogen-bond donors (Lipinski definition) is 0. The number of unbranched alkanes of at least 4 members (excludes halogenated alkanes) is 1. The van der Waals surface area contributed by atoms with Crippen molar-refractivity contribution >= 4 is 38.8 Å². The van der Waals surface area contributed by atoms with Crippen molar-refractivity contribution in [3.05, 3.63) is 27.9 Å². The van der Waals surface area contributed by atoms with E-state index in [9.17, 15) is 9.59 Å². The van der Waals surface area contributed by atoms with E-state index in [0.29, 0.717) is 29.0 Å². The molecule has 1 aromatic heterocycles. The lowest BCUT2D eigenvalue weighted by molar-refractivity contribution is -0.145. The molecule has 0 bridgehead atoms. The Balaban J connectivity index is 2.51. The molecule has 148 valence electrons. The van der Waals surface area contributed by atoms with Gasteiger partial charge in [-0.2, -0.15) is 0 Å². The van der Waals surface area contributed by atoms with Gasteiger partial charge in [-0.25, -0.2) is 9.59 Å². The molecule has 0 N–H and O–H groups in total. The van der Waals surface area contributed by atoms with Crippen LogP contribution in [0.25, 0.3) is 10.9 Å². The highest BCUT2D eigenvalue weighted by Crippen LogP contribution is 2.35. The molecule has 0 aliphatic carbocycles. The van der Waals surface area contributed by atoms with Gasteiger partial charge in [-0.15, -0.1) is 0 Å². The number of benzene rings is 1. The lowest BCUT2D eigenvalue weighted by atomic mass is 10.1. The van der Waals surface area contributed by atoms with Crippen molar-refractivity contribution in [2.45, 2.75) is 47.1 Å². The first-order valence-electron chi connectivity index (χ1n) is 9.22. The van der Waals surface area contributed by atoms with Crippen LogP contribution < -0.4 is 4.74 Å². The molecule has 0 aliphatic heterocycles. The Morgan fingerprint density at radius 3 is 2.44 bits per heavy atom. The van der Waals surface area contributed by atoms with E-state index < -0.39 is 5.97 Å². The summed E-state index contributed by atoms with van der Waals surface area (Å²) in [6.45, 7) is 8.81. The Morgan fingerprint density at radius 1 is 1.11 bits per heavy atom. The van der Waals surface area contributed by atoms with E-state index in [1.54, 1.807) is 19.9 Å². The Morgan fingerprint density at radius 2 is 1.81 bits per heavy atom. The Hall–Kier alpha value is -2.02. The standard InChI is InChI=1S/C20H26BrNO5/c1-5-8-9-22-13(4)19(20(24)26-7-3)14-10-17(15(21)11-16(14)22)27-12-18(23)25-6-2/h10-11H,5-9,12H2,1-4H3. The molecule has 0 spiro atoms. The highest BCUT2D eigenvalue weighted by atomic mass is 79.9. The summed E-state index contributed by atoms with van der Waals surface area (Å²) in [5, 5.41) is 0.754. The summed E-state index contributed by atoms with van der Waals surface area (Å²) in [7, 11) is 0. The highest BCUT2D eigenvalue weighted by Gasteiger charge is 2.22. The number of nitrogens with zero attached hydrogens (tertiary/aromatic N) is 1. The fourth-order valence-corrected chi connectivity index (χ4v) is 3.44. The van der Waals surface area contributed by atoms with Gasteiger partial charge in [0.2, 0.25) is 0 Å². The van der Waals surface area contributed by atoms with Gasteiger partial charge in [0.15, 0.2) is 6.61 Å². The van der Waals surface area contributed by atoms with Crippen molar-refractivity contribution in [1.82, 2.24) is 4.57 Å². The van der Waals surface area contributed by atoms with Crippen molar-refractivity contribution in [3.63, 3.8) is 0 Å². The minimum absolute atomic E-state index is 0.192. The van der Waals surface area contributed by atoms with Crippen LogP contribution in [0.3, 0.4) is 0 Å². The number of hydrogen-bond acceptors (Lipinski definition) is 5. The number of rotatable bonds is 9. The van der Waals surface area contributed by atoms with E-state index >= 15 is 0 Å². The maximum Gasteiger partial charge on any atom is 0.344 e. The van der Waals surface area contributed by atoms with E-state index in [-0.39, 0.29) is 12.6 Å². The highest BCUT2D eigenvalue weighted by molar-refractivity contribution is 9.10. The van der Waals surface area contributed by atoms with Crippen LogP contribution in [0.2, 0.25) is 0 Å². The first-order valence-corrected chi connectivity index (χ1v) is 10.0. The summed E-state index contributed by atoms with van der Waals surface area (Å²) in [4.78, 5) is 24.1. The van der Waals surface area contributed by atoms with Crippen LogP contribution >= 0.6 is 15.9 Å². The smallest absolute Gasteiger partial charge is 0.344 e. The molecule has 0 atom stereocenters. The number of carbonyl (C=O) groups excluding carboxylic acids is 2. The molecular weight excluding hydrogens is 414 g/mol. The molecule has 2 aromatic rings. The van der Waals surface area contributed by atoms with Gasteiger partial charge in [-0.1, -0.05) is 13.3 Å². The molecule has 0 saturated carbocycles. The number of esters is 2. The largest absolute Gasteiger partial charge is 0.481 e. The normalized spacial score (nSPS) is 10.9. The third-order valence-corrected chi connectivity index (χ3v) is 4.86. The van der Waals surface area contributed by atoms with Gasteiger partial charge in [-0.3, -0.25) is 0 Å². The fourth-order valence-electron chi connectivity index (χ4n) is 2.99. The van der Waals surface area contributed by atoms with Crippen molar-refractivity contribution in [3.8, 4) is 5.75 Å². The Labute approximate surface area is 167 Å². The number of halogens is 1. The van der Waals surface area contributed by atoms with Crippen LogP contribution in [-0.2, 0) is 20.8 Å². The van der Waals surface area contributed by atoms with Crippen molar-refractivity contribution in [2.24, 2.45) is 0 Å². The van der Waals surface area contributed by atoms with E-state index in [1.807, 2.05) is 13.0 Å². The minimum Gasteiger partial charge on any atom is -0.481 e. The number of carbonyl (C=O) groups is 2. The second kappa shape index (κ2) is 9.78. The second-order valence-corrected chi connectivity index (χ2v) is 6.93. The fraction of sp³-hybridized carbons (Fsp3) is 0.500. The quantitative estimate of drug-likeness (QED) is 0.532. The first-order chi connectivity index (χ1) is 12.9. The molecule has 7 heteroatoms. The topological polar surface area (TPSA) is 66.8 Å². The third kappa shape index (κ3) is 4.83. The van der Waals surface area contributed by atoms with Crippen LogP contribution in [-0.4, -0.2) is 36.3 Å². The molecule has 0 radical (unpaired) electrons. The third-order valence-electron chi connectivity index (χ3n) is 4.24. The van der Waals surface area contributed by atoms with Crippen LogP contribution in [0, 0.1) is 6.92 Å². The molecule has 0 saturated heterocycles. The number of aromatic nitrogens is 1. The first kappa shape index (κ1) is 21.3. The molecule has 1 heterocycles. The van der Waals surface area contributed by atoms with Crippen molar-refractivity contribution in [2.75, 3.05) is 19.8 Å². The predicted octanol–water partition coefficient (Wildman–Crippen LogP) is 4.63. The SMILES string of the molecule is CCCCn1c(C)c(C(=O)OCC)c2cc(OCC(=O)OCC)c(Br)cc21. The van der Waals surface area contributed by atoms with Crippen molar-refractivity contribution < 1.29 is 23.8 Å². The van der Waals surface area contributed by atoms with E-state index in [1.165, 1.54) is 0 Å². The lowest BCUT2D eigenvalue weighted by Gasteiger charge is -2.10. The van der Waals surface area contributed by atoms with Crippen LogP contribution in [0.15, 0.2) is 16.6 Å². The van der Waals surface area contributed by atoms with Crippen LogP contribution in [0.4, 0.5) is 0 Å². The number of aryl methyl sites for hydroxylation is 1. The van der Waals surface area contributed by atoms with Gasteiger partial charge in [0, 0.05) is 17.6 Å². The van der Waals surface area contributed by atoms with Crippen molar-refractivity contribution in [1.29, 1.82) is 0 Å². The zero-order chi connectivity index (χ0) is 20.0. The molecule has 1 aromatic carbocycles. The monoisotopic (exact) mass is 439 g/mol. The predicted molar refractivity (Wildman–Crippen MR) is 107 cm³/mol. The summed E-state index contributed by atoms with van der Waals surface area (Å²) in [6, 6.07) is 3.70. The van der Waals surface area contributed by atoms with E-state index in [2.05, 4.69) is 27.4 Å². The van der Waals surface area contributed by atoms with Gasteiger partial charge in [0.05, 0.1) is 28.8 Å². The zero-order valence-corrected chi connectivity index (χ0v) is 17.8. The van der Waals surface area contributed by atoms with E-state index in [4.69, 9.17) is 14.2 Å². The summed E-state index contributed by atoms with van der Waals surface area (Å²) in [6.07, 6.45) is 2.06. The molecule has 0 unspecified atom stereocenters. The average molecular weight is 440 g/mol. The summed E-state index contributed by atoms with van der Waals surface area (Å²) >= 11 is 3.50. The maximum atomic E-state index is 12.6. The summed E-state index contributed by atoms with van der Waals surface area (Å²) < 4.78 is 18.6. The number of ether oxygens (including phenoxy) is 3. The van der Waals surface area contributed by atoms with Crippen LogP contribution in [0.1, 0.15) is 49.7 Å². The minimum atomic E-state index is -0.438. The lowest BCUT2D eigenvalue weighted by Crippen LogP contribution is -2.14. The average Bonchev–Trinajstić information content (AvgIpc) is 2.89. The number of fused-ring (bicyclic) bond motifs is 1. The second-order valence-electron chi connectivity index (χ2n) is 6.08. The molecule has 0 fully saturated rings. The molecular formula is C20H26BrNO5. The summed E-state index contributed by atoms with van der Waals surface area (Å²) in [5.41, 5.74) is 2.34. The van der Waals surface area contributed by atoms with Gasteiger partial charge < -0.3 is 18.8 Å². The molecule has 27 heavy (non-hydrogen) atoms. The van der Waals surface area contributed by atoms with E-state index in [0.717, 1.165) is 36.0 Å². The molecule has 0 amide bonds. The Bertz CT molecular complexity index is 828. The van der Waals surface area contributed by atoms with Gasteiger partial charge in [0.1, 0.15) is 5.75 Å². The summed E-state index contributed by atoms with van der Waals surface area (Å²) in [5.74, 6) is -0.311. The molecule has 6 nitrogen and oxygen atoms in total. The Kier molecular flexibility index (Phi) is 7.71. The molecule has 2 rings (SSSR count).